The largest absolute Gasteiger partial charge is 0.490 e. The molecule has 182 valence electrons. The molecule has 1 unspecified atom stereocenters. The van der Waals surface area contributed by atoms with Crippen molar-refractivity contribution in [3.05, 3.63) is 84.2 Å². The Hall–Kier alpha value is -2.06. The number of hydrogen-bond acceptors (Lipinski definition) is 2. The Balaban J connectivity index is 2.22. The van der Waals surface area contributed by atoms with Gasteiger partial charge < -0.3 is 9.64 Å². The van der Waals surface area contributed by atoms with E-state index in [2.05, 4.69) is 101 Å². The summed E-state index contributed by atoms with van der Waals surface area (Å²) in [6.45, 7) is 12.0. The van der Waals surface area contributed by atoms with Gasteiger partial charge in [0.2, 0.25) is 0 Å². The van der Waals surface area contributed by atoms with Crippen LogP contribution < -0.4 is 0 Å². The Morgan fingerprint density at radius 3 is 2.45 bits per heavy atom. The predicted molar refractivity (Wildman–Crippen MR) is 144 cm³/mol. The van der Waals surface area contributed by atoms with Gasteiger partial charge in [0.1, 0.15) is 5.76 Å². The third kappa shape index (κ3) is 9.01. The second-order valence-electron chi connectivity index (χ2n) is 10.2. The minimum atomic E-state index is 0.205. The fraction of sp³-hybridized carbons (Fsp3) is 0.548. The first-order chi connectivity index (χ1) is 15.9. The standard InChI is InChI=1S/C31H47NO/c1-7-16-27(8-2)30(33-29-20-13-14-21-29)23-22-28(9-3)31(4,25-32(5)6)24-15-19-26-17-11-10-12-18-26/h7-8,10-12,16-18,22-23,28-29H,2,9,13-15,19-21,24-25H2,1,3-6H3/b16-7-,23-22+,30-27+/t28?,31-/m0/s1. The quantitative estimate of drug-likeness (QED) is 0.210. The molecule has 2 heteroatoms. The van der Waals surface area contributed by atoms with Crippen molar-refractivity contribution in [3.8, 4) is 0 Å². The first kappa shape index (κ1) is 27.2. The molecule has 0 aliphatic heterocycles. The summed E-state index contributed by atoms with van der Waals surface area (Å²) in [7, 11) is 4.39. The summed E-state index contributed by atoms with van der Waals surface area (Å²) in [6, 6.07) is 10.9. The highest BCUT2D eigenvalue weighted by Crippen LogP contribution is 2.38. The van der Waals surface area contributed by atoms with Crippen molar-refractivity contribution in [1.29, 1.82) is 0 Å². The number of allylic oxidation sites excluding steroid dienone is 6. The van der Waals surface area contributed by atoms with Crippen molar-refractivity contribution in [2.24, 2.45) is 11.3 Å². The zero-order chi connectivity index (χ0) is 24.1. The minimum Gasteiger partial charge on any atom is -0.490 e. The number of nitrogens with zero attached hydrogens (tertiary/aromatic N) is 1. The number of aryl methyl sites for hydroxylation is 1. The molecule has 1 aliphatic rings. The summed E-state index contributed by atoms with van der Waals surface area (Å²) in [5, 5.41) is 0. The van der Waals surface area contributed by atoms with Crippen LogP contribution in [0, 0.1) is 11.3 Å². The summed E-state index contributed by atoms with van der Waals surface area (Å²) in [4.78, 5) is 2.35. The van der Waals surface area contributed by atoms with Crippen molar-refractivity contribution in [1.82, 2.24) is 4.90 Å². The zero-order valence-electron chi connectivity index (χ0n) is 21.9. The van der Waals surface area contributed by atoms with Gasteiger partial charge in [-0.25, -0.2) is 0 Å². The van der Waals surface area contributed by atoms with E-state index >= 15 is 0 Å². The van der Waals surface area contributed by atoms with E-state index < -0.39 is 0 Å². The molecule has 0 amide bonds. The summed E-state index contributed by atoms with van der Waals surface area (Å²) in [5.74, 6) is 1.46. The van der Waals surface area contributed by atoms with Crippen LogP contribution in [-0.4, -0.2) is 31.6 Å². The molecule has 2 nitrogen and oxygen atoms in total. The summed E-state index contributed by atoms with van der Waals surface area (Å²) >= 11 is 0. The van der Waals surface area contributed by atoms with Gasteiger partial charge in [-0.3, -0.25) is 0 Å². The van der Waals surface area contributed by atoms with Crippen LogP contribution in [0.2, 0.25) is 0 Å². The van der Waals surface area contributed by atoms with Crippen LogP contribution in [0.25, 0.3) is 0 Å². The first-order valence-corrected chi connectivity index (χ1v) is 12.9. The minimum absolute atomic E-state index is 0.205. The summed E-state index contributed by atoms with van der Waals surface area (Å²) in [5.41, 5.74) is 2.72. The van der Waals surface area contributed by atoms with E-state index in [4.69, 9.17) is 4.74 Å². The normalized spacial score (nSPS) is 18.6. The van der Waals surface area contributed by atoms with E-state index in [1.807, 2.05) is 6.08 Å². The Bertz CT molecular complexity index is 782. The van der Waals surface area contributed by atoms with Crippen LogP contribution in [0.5, 0.6) is 0 Å². The molecular formula is C31H47NO. The van der Waals surface area contributed by atoms with Crippen LogP contribution in [0.3, 0.4) is 0 Å². The van der Waals surface area contributed by atoms with E-state index in [0.717, 1.165) is 43.6 Å². The molecule has 2 rings (SSSR count). The van der Waals surface area contributed by atoms with Crippen LogP contribution in [0.4, 0.5) is 0 Å². The maximum Gasteiger partial charge on any atom is 0.126 e. The van der Waals surface area contributed by atoms with E-state index in [-0.39, 0.29) is 5.41 Å². The highest BCUT2D eigenvalue weighted by atomic mass is 16.5. The summed E-state index contributed by atoms with van der Waals surface area (Å²) < 4.78 is 6.50. The van der Waals surface area contributed by atoms with Crippen molar-refractivity contribution < 1.29 is 4.74 Å². The average molecular weight is 450 g/mol. The summed E-state index contributed by atoms with van der Waals surface area (Å²) in [6.07, 6.45) is 20.6. The number of benzene rings is 1. The molecule has 1 aromatic rings. The smallest absolute Gasteiger partial charge is 0.126 e. The third-order valence-electron chi connectivity index (χ3n) is 6.99. The van der Waals surface area contributed by atoms with Crippen LogP contribution in [0.15, 0.2) is 78.6 Å². The van der Waals surface area contributed by atoms with E-state index in [9.17, 15) is 0 Å². The molecule has 0 saturated heterocycles. The van der Waals surface area contributed by atoms with Gasteiger partial charge in [-0.2, -0.15) is 0 Å². The first-order valence-electron chi connectivity index (χ1n) is 12.9. The van der Waals surface area contributed by atoms with E-state index in [1.165, 1.54) is 31.2 Å². The molecule has 0 spiro atoms. The number of rotatable bonds is 14. The van der Waals surface area contributed by atoms with Gasteiger partial charge in [0.05, 0.1) is 6.10 Å². The third-order valence-corrected chi connectivity index (χ3v) is 6.99. The van der Waals surface area contributed by atoms with Gasteiger partial charge in [-0.05, 0) is 95.4 Å². The maximum atomic E-state index is 6.50. The lowest BCUT2D eigenvalue weighted by Crippen LogP contribution is -2.37. The number of ether oxygens (including phenoxy) is 1. The molecule has 1 aromatic carbocycles. The molecule has 1 aliphatic carbocycles. The van der Waals surface area contributed by atoms with Crippen molar-refractivity contribution in [2.75, 3.05) is 20.6 Å². The lowest BCUT2D eigenvalue weighted by atomic mass is 9.71. The highest BCUT2D eigenvalue weighted by Gasteiger charge is 2.32. The topological polar surface area (TPSA) is 12.5 Å². The van der Waals surface area contributed by atoms with Crippen LogP contribution in [0.1, 0.15) is 71.3 Å². The van der Waals surface area contributed by atoms with E-state index in [0.29, 0.717) is 12.0 Å². The lowest BCUT2D eigenvalue weighted by molar-refractivity contribution is 0.127. The maximum absolute atomic E-state index is 6.50. The van der Waals surface area contributed by atoms with Gasteiger partial charge in [0, 0.05) is 12.1 Å². The second-order valence-corrected chi connectivity index (χ2v) is 10.2. The Morgan fingerprint density at radius 1 is 1.18 bits per heavy atom. The fourth-order valence-corrected chi connectivity index (χ4v) is 5.33. The molecular weight excluding hydrogens is 402 g/mol. The molecule has 2 atom stereocenters. The van der Waals surface area contributed by atoms with Crippen LogP contribution >= 0.6 is 0 Å². The molecule has 1 fully saturated rings. The molecule has 0 radical (unpaired) electrons. The van der Waals surface area contributed by atoms with Gasteiger partial charge >= 0.3 is 0 Å². The SMILES string of the molecule is C=CC(/C=C\C)=C(/C=C/C(CC)[C@@](C)(CCCc1ccccc1)CN(C)C)OC1CCCC1. The molecule has 0 N–H and O–H groups in total. The van der Waals surface area contributed by atoms with Crippen LogP contribution in [-0.2, 0) is 11.2 Å². The van der Waals surface area contributed by atoms with Gasteiger partial charge in [0.25, 0.3) is 0 Å². The van der Waals surface area contributed by atoms with Gasteiger partial charge in [-0.15, -0.1) is 0 Å². The molecule has 0 aromatic heterocycles. The Kier molecular flexibility index (Phi) is 11.7. The predicted octanol–water partition coefficient (Wildman–Crippen LogP) is 8.14. The molecule has 0 bridgehead atoms. The average Bonchev–Trinajstić information content (AvgIpc) is 3.30. The van der Waals surface area contributed by atoms with Gasteiger partial charge in [0.15, 0.2) is 0 Å². The number of hydrogen-bond donors (Lipinski definition) is 0. The van der Waals surface area contributed by atoms with Crippen molar-refractivity contribution >= 4 is 0 Å². The van der Waals surface area contributed by atoms with Crippen molar-refractivity contribution in [3.63, 3.8) is 0 Å². The Morgan fingerprint density at radius 2 is 1.88 bits per heavy atom. The molecule has 0 heterocycles. The molecule has 1 saturated carbocycles. The highest BCUT2D eigenvalue weighted by molar-refractivity contribution is 5.37. The second kappa shape index (κ2) is 14.3. The van der Waals surface area contributed by atoms with E-state index in [1.54, 1.807) is 0 Å². The zero-order valence-corrected chi connectivity index (χ0v) is 21.9. The lowest BCUT2D eigenvalue weighted by Gasteiger charge is -2.38. The Labute approximate surface area is 204 Å². The van der Waals surface area contributed by atoms with Crippen molar-refractivity contribution in [2.45, 2.75) is 78.2 Å². The molecule has 33 heavy (non-hydrogen) atoms. The monoisotopic (exact) mass is 449 g/mol. The van der Waals surface area contributed by atoms with Gasteiger partial charge in [-0.1, -0.05) is 75.1 Å². The fourth-order valence-electron chi connectivity index (χ4n) is 5.33.